The van der Waals surface area contributed by atoms with E-state index in [2.05, 4.69) is 48.9 Å². The Bertz CT molecular complexity index is 736. The highest BCUT2D eigenvalue weighted by Crippen LogP contribution is 2.31. The molecule has 0 aliphatic heterocycles. The van der Waals surface area contributed by atoms with Crippen molar-refractivity contribution < 1.29 is 14.3 Å². The Balaban J connectivity index is 1.88. The number of rotatable bonds is 7. The van der Waals surface area contributed by atoms with Crippen LogP contribution in [0.1, 0.15) is 39.7 Å². The molecule has 2 aromatic carbocycles. The molecule has 0 aliphatic rings. The molecular formula is C21H26BrNO3. The molecule has 0 saturated carbocycles. The van der Waals surface area contributed by atoms with Crippen molar-refractivity contribution in [1.29, 1.82) is 0 Å². The molecule has 5 heteroatoms. The molecular weight excluding hydrogens is 394 g/mol. The molecule has 0 aromatic heterocycles. The Morgan fingerprint density at radius 3 is 2.35 bits per heavy atom. The first-order valence-electron chi connectivity index (χ1n) is 8.75. The molecule has 2 rings (SSSR count). The highest BCUT2D eigenvalue weighted by atomic mass is 79.9. The van der Waals surface area contributed by atoms with Crippen LogP contribution in [-0.4, -0.2) is 19.1 Å². The number of anilines is 1. The molecule has 0 heterocycles. The Labute approximate surface area is 164 Å². The summed E-state index contributed by atoms with van der Waals surface area (Å²) in [4.78, 5) is 12.1. The van der Waals surface area contributed by atoms with E-state index in [0.717, 1.165) is 16.6 Å². The van der Waals surface area contributed by atoms with Gasteiger partial charge in [-0.1, -0.05) is 33.8 Å². The first kappa shape index (κ1) is 20.3. The van der Waals surface area contributed by atoms with Gasteiger partial charge in [0, 0.05) is 5.69 Å². The van der Waals surface area contributed by atoms with E-state index >= 15 is 0 Å². The number of halogens is 1. The fourth-order valence-corrected chi connectivity index (χ4v) is 2.77. The van der Waals surface area contributed by atoms with Crippen LogP contribution in [0.4, 0.5) is 5.69 Å². The van der Waals surface area contributed by atoms with E-state index in [-0.39, 0.29) is 17.9 Å². The van der Waals surface area contributed by atoms with E-state index in [4.69, 9.17) is 9.47 Å². The Hall–Kier alpha value is -2.01. The van der Waals surface area contributed by atoms with Gasteiger partial charge < -0.3 is 14.8 Å². The number of benzene rings is 2. The van der Waals surface area contributed by atoms with Crippen LogP contribution in [0.2, 0.25) is 0 Å². The summed E-state index contributed by atoms with van der Waals surface area (Å²) in [5.41, 5.74) is 1.97. The molecule has 0 atom stereocenters. The molecule has 0 saturated heterocycles. The lowest BCUT2D eigenvalue weighted by Gasteiger charge is -2.20. The average Bonchev–Trinajstić information content (AvgIpc) is 2.59. The van der Waals surface area contributed by atoms with Crippen molar-refractivity contribution in [2.24, 2.45) is 0 Å². The highest BCUT2D eigenvalue weighted by molar-refractivity contribution is 9.10. The lowest BCUT2D eigenvalue weighted by Crippen LogP contribution is -2.20. The molecule has 0 bridgehead atoms. The van der Waals surface area contributed by atoms with Gasteiger partial charge >= 0.3 is 0 Å². The van der Waals surface area contributed by atoms with Crippen molar-refractivity contribution in [2.75, 3.05) is 18.5 Å². The molecule has 140 valence electrons. The lowest BCUT2D eigenvalue weighted by atomic mass is 9.87. The first-order valence-corrected chi connectivity index (χ1v) is 9.54. The fourth-order valence-electron chi connectivity index (χ4n) is 2.28. The number of hydrogen-bond donors (Lipinski definition) is 1. The number of amides is 1. The minimum atomic E-state index is -0.209. The van der Waals surface area contributed by atoms with E-state index in [1.165, 1.54) is 5.56 Å². The van der Waals surface area contributed by atoms with Gasteiger partial charge in [0.2, 0.25) is 0 Å². The fraction of sp³-hybridized carbons (Fsp3) is 0.381. The van der Waals surface area contributed by atoms with E-state index in [0.29, 0.717) is 18.0 Å². The molecule has 0 fully saturated rings. The van der Waals surface area contributed by atoms with E-state index in [9.17, 15) is 4.79 Å². The summed E-state index contributed by atoms with van der Waals surface area (Å²) in [7, 11) is 0. The Morgan fingerprint density at radius 1 is 1.08 bits per heavy atom. The summed E-state index contributed by atoms with van der Waals surface area (Å²) in [5.74, 6) is 1.24. The summed E-state index contributed by atoms with van der Waals surface area (Å²) in [6.45, 7) is 9.15. The third kappa shape index (κ3) is 6.06. The van der Waals surface area contributed by atoms with E-state index < -0.39 is 0 Å². The second kappa shape index (κ2) is 9.08. The summed E-state index contributed by atoms with van der Waals surface area (Å²) >= 11 is 3.51. The predicted molar refractivity (Wildman–Crippen MR) is 109 cm³/mol. The maximum absolute atomic E-state index is 12.1. The molecule has 26 heavy (non-hydrogen) atoms. The van der Waals surface area contributed by atoms with Crippen LogP contribution in [0.25, 0.3) is 0 Å². The van der Waals surface area contributed by atoms with Crippen LogP contribution < -0.4 is 14.8 Å². The number of carbonyl (C=O) groups is 1. The molecule has 0 spiro atoms. The van der Waals surface area contributed by atoms with E-state index in [1.807, 2.05) is 42.5 Å². The predicted octanol–water partition coefficient (Wildman–Crippen LogP) is 5.55. The van der Waals surface area contributed by atoms with Gasteiger partial charge in [-0.3, -0.25) is 4.79 Å². The molecule has 2 aromatic rings. The van der Waals surface area contributed by atoms with Crippen molar-refractivity contribution in [3.63, 3.8) is 0 Å². The third-order valence-electron chi connectivity index (χ3n) is 3.77. The second-order valence-electron chi connectivity index (χ2n) is 7.10. The quantitative estimate of drug-likeness (QED) is 0.639. The van der Waals surface area contributed by atoms with Crippen LogP contribution in [-0.2, 0) is 10.2 Å². The summed E-state index contributed by atoms with van der Waals surface area (Å²) in [6.07, 6.45) is 0.960. The third-order valence-corrected chi connectivity index (χ3v) is 4.39. The number of nitrogens with one attached hydrogen (secondary N) is 1. The zero-order valence-corrected chi connectivity index (χ0v) is 17.4. The standard InChI is InChI=1S/C21H26BrNO3/c1-5-12-25-17-9-7-16(8-10-17)23-20(24)14-26-19-11-6-15(13-18(19)22)21(2,3)4/h6-11,13H,5,12,14H2,1-4H3,(H,23,24). The molecule has 0 radical (unpaired) electrons. The van der Waals surface area contributed by atoms with Crippen LogP contribution in [0.15, 0.2) is 46.9 Å². The Morgan fingerprint density at radius 2 is 1.77 bits per heavy atom. The van der Waals surface area contributed by atoms with Gasteiger partial charge in [-0.2, -0.15) is 0 Å². The molecule has 0 aliphatic carbocycles. The maximum Gasteiger partial charge on any atom is 0.262 e. The van der Waals surface area contributed by atoms with Crippen molar-refractivity contribution in [3.8, 4) is 11.5 Å². The van der Waals surface area contributed by atoms with Gasteiger partial charge in [-0.15, -0.1) is 0 Å². The topological polar surface area (TPSA) is 47.6 Å². The van der Waals surface area contributed by atoms with Gasteiger partial charge in [-0.05, 0) is 69.7 Å². The summed E-state index contributed by atoms with van der Waals surface area (Å²) in [6, 6.07) is 13.3. The van der Waals surface area contributed by atoms with Crippen LogP contribution >= 0.6 is 15.9 Å². The van der Waals surface area contributed by atoms with Crippen molar-refractivity contribution >= 4 is 27.5 Å². The van der Waals surface area contributed by atoms with Gasteiger partial charge in [0.15, 0.2) is 6.61 Å². The summed E-state index contributed by atoms with van der Waals surface area (Å²) in [5, 5.41) is 2.82. The molecule has 1 N–H and O–H groups in total. The largest absolute Gasteiger partial charge is 0.494 e. The first-order chi connectivity index (χ1) is 12.3. The monoisotopic (exact) mass is 419 g/mol. The van der Waals surface area contributed by atoms with Crippen LogP contribution in [0, 0.1) is 0 Å². The minimum Gasteiger partial charge on any atom is -0.494 e. The smallest absolute Gasteiger partial charge is 0.262 e. The number of ether oxygens (including phenoxy) is 2. The molecule has 1 amide bonds. The normalized spacial score (nSPS) is 11.1. The van der Waals surface area contributed by atoms with E-state index in [1.54, 1.807) is 0 Å². The lowest BCUT2D eigenvalue weighted by molar-refractivity contribution is -0.118. The average molecular weight is 420 g/mol. The number of carbonyl (C=O) groups excluding carboxylic acids is 1. The number of hydrogen-bond acceptors (Lipinski definition) is 3. The van der Waals surface area contributed by atoms with Crippen molar-refractivity contribution in [2.45, 2.75) is 39.5 Å². The van der Waals surface area contributed by atoms with Gasteiger partial charge in [0.05, 0.1) is 11.1 Å². The zero-order valence-electron chi connectivity index (χ0n) is 15.8. The Kier molecular flexibility index (Phi) is 7.09. The highest BCUT2D eigenvalue weighted by Gasteiger charge is 2.15. The van der Waals surface area contributed by atoms with Crippen LogP contribution in [0.3, 0.4) is 0 Å². The zero-order chi connectivity index (χ0) is 19.2. The van der Waals surface area contributed by atoms with Crippen LogP contribution in [0.5, 0.6) is 11.5 Å². The maximum atomic E-state index is 12.1. The van der Waals surface area contributed by atoms with Crippen molar-refractivity contribution in [3.05, 3.63) is 52.5 Å². The van der Waals surface area contributed by atoms with Gasteiger partial charge in [0.1, 0.15) is 11.5 Å². The SMILES string of the molecule is CCCOc1ccc(NC(=O)COc2ccc(C(C)(C)C)cc2Br)cc1. The molecule has 4 nitrogen and oxygen atoms in total. The summed E-state index contributed by atoms with van der Waals surface area (Å²) < 4.78 is 12.0. The molecule has 0 unspecified atom stereocenters. The van der Waals surface area contributed by atoms with Crippen molar-refractivity contribution in [1.82, 2.24) is 0 Å². The minimum absolute atomic E-state index is 0.0540. The van der Waals surface area contributed by atoms with Gasteiger partial charge in [-0.25, -0.2) is 0 Å². The van der Waals surface area contributed by atoms with Gasteiger partial charge in [0.25, 0.3) is 5.91 Å². The second-order valence-corrected chi connectivity index (χ2v) is 7.96.